The molecular formula is C17H40. The van der Waals surface area contributed by atoms with Gasteiger partial charge in [0.1, 0.15) is 0 Å². The highest BCUT2D eigenvalue weighted by molar-refractivity contribution is 4.93. The third-order valence-electron chi connectivity index (χ3n) is 4.45. The minimum atomic E-state index is 0.381. The number of rotatable bonds is 2. The van der Waals surface area contributed by atoms with Gasteiger partial charge in [-0.2, -0.15) is 0 Å². The second-order valence-electron chi connectivity index (χ2n) is 6.82. The summed E-state index contributed by atoms with van der Waals surface area (Å²) >= 11 is 0. The fourth-order valence-corrected chi connectivity index (χ4v) is 1.46. The Morgan fingerprint density at radius 2 is 0.882 bits per heavy atom. The van der Waals surface area contributed by atoms with Crippen LogP contribution in [-0.2, 0) is 0 Å². The van der Waals surface area contributed by atoms with Gasteiger partial charge in [-0.25, -0.2) is 0 Å². The smallest absolute Gasteiger partial charge is 0.0254 e. The molecule has 108 valence electrons. The summed E-state index contributed by atoms with van der Waals surface area (Å²) in [6, 6.07) is 0. The van der Waals surface area contributed by atoms with Gasteiger partial charge in [-0.05, 0) is 16.2 Å². The van der Waals surface area contributed by atoms with Crippen LogP contribution in [0.5, 0.6) is 0 Å². The largest absolute Gasteiger partial charge is 0.0683 e. The first-order valence-electron chi connectivity index (χ1n) is 7.47. The quantitative estimate of drug-likeness (QED) is 0.493. The maximum absolute atomic E-state index is 2.39. The van der Waals surface area contributed by atoms with Crippen LogP contribution in [0.4, 0.5) is 0 Å². The molecular weight excluding hydrogens is 204 g/mol. The molecule has 0 aliphatic heterocycles. The van der Waals surface area contributed by atoms with Crippen LogP contribution in [0.15, 0.2) is 0 Å². The van der Waals surface area contributed by atoms with Gasteiger partial charge in [0.25, 0.3) is 0 Å². The lowest BCUT2D eigenvalue weighted by Gasteiger charge is -2.50. The summed E-state index contributed by atoms with van der Waals surface area (Å²) < 4.78 is 0. The second kappa shape index (κ2) is 9.00. The zero-order valence-corrected chi connectivity index (χ0v) is 14.9. The number of hydrogen-bond donors (Lipinski definition) is 0. The maximum atomic E-state index is 2.39. The normalized spacial score (nSPS) is 12.0. The second-order valence-corrected chi connectivity index (χ2v) is 6.82. The molecule has 0 atom stereocenters. The summed E-state index contributed by atoms with van der Waals surface area (Å²) in [5.74, 6) is 0. The molecule has 0 heterocycles. The SMILES string of the molecule is CC.CCC.CCC(C)(C)C(C)(C)C(C)(C)C. The van der Waals surface area contributed by atoms with Crippen molar-refractivity contribution >= 4 is 0 Å². The lowest BCUT2D eigenvalue weighted by molar-refractivity contribution is -0.00993. The average molecular weight is 245 g/mol. The van der Waals surface area contributed by atoms with E-state index in [1.54, 1.807) is 0 Å². The van der Waals surface area contributed by atoms with E-state index in [1.165, 1.54) is 12.8 Å². The fourth-order valence-electron chi connectivity index (χ4n) is 1.46. The van der Waals surface area contributed by atoms with Crippen LogP contribution in [0, 0.1) is 16.2 Å². The van der Waals surface area contributed by atoms with E-state index >= 15 is 0 Å². The van der Waals surface area contributed by atoms with Crippen molar-refractivity contribution < 1.29 is 0 Å². The molecule has 0 aromatic rings. The average Bonchev–Trinajstić information content (AvgIpc) is 2.20. The van der Waals surface area contributed by atoms with Crippen LogP contribution in [0.1, 0.15) is 95.9 Å². The van der Waals surface area contributed by atoms with E-state index in [2.05, 4.69) is 69.2 Å². The first-order chi connectivity index (χ1) is 7.47. The Kier molecular flexibility index (Phi) is 11.8. The molecule has 0 nitrogen and oxygen atoms in total. The zero-order valence-electron chi connectivity index (χ0n) is 14.9. The molecule has 0 saturated heterocycles. The summed E-state index contributed by atoms with van der Waals surface area (Å²) in [7, 11) is 0. The summed E-state index contributed by atoms with van der Waals surface area (Å²) in [5, 5.41) is 0. The molecule has 0 rings (SSSR count). The zero-order chi connectivity index (χ0) is 14.9. The summed E-state index contributed by atoms with van der Waals surface area (Å²) in [6.07, 6.45) is 2.50. The molecule has 0 fully saturated rings. The highest BCUT2D eigenvalue weighted by Gasteiger charge is 2.43. The molecule has 0 heteroatoms. The molecule has 0 aliphatic rings. The van der Waals surface area contributed by atoms with E-state index in [0.29, 0.717) is 16.2 Å². The predicted molar refractivity (Wildman–Crippen MR) is 84.6 cm³/mol. The Bertz CT molecular complexity index is 155. The minimum absolute atomic E-state index is 0.381. The first-order valence-corrected chi connectivity index (χ1v) is 7.47. The summed E-state index contributed by atoms with van der Waals surface area (Å²) in [5.41, 5.74) is 1.19. The Balaban J connectivity index is -0.000000337. The topological polar surface area (TPSA) is 0 Å². The standard InChI is InChI=1S/C12H26.C3H8.C2H6/c1-9-11(5,6)12(7,8)10(2,3)4;1-3-2;1-2/h9H2,1-8H3;3H2,1-2H3;1-2H3. The van der Waals surface area contributed by atoms with Gasteiger partial charge in [0.05, 0.1) is 0 Å². The molecule has 0 amide bonds. The molecule has 0 unspecified atom stereocenters. The van der Waals surface area contributed by atoms with E-state index in [0.717, 1.165) is 0 Å². The van der Waals surface area contributed by atoms with Crippen LogP contribution in [0.25, 0.3) is 0 Å². The van der Waals surface area contributed by atoms with Crippen molar-refractivity contribution in [1.82, 2.24) is 0 Å². The molecule has 0 bridgehead atoms. The van der Waals surface area contributed by atoms with E-state index in [1.807, 2.05) is 13.8 Å². The van der Waals surface area contributed by atoms with Gasteiger partial charge in [0, 0.05) is 0 Å². The van der Waals surface area contributed by atoms with Crippen molar-refractivity contribution in [2.24, 2.45) is 16.2 Å². The van der Waals surface area contributed by atoms with Crippen molar-refractivity contribution in [2.75, 3.05) is 0 Å². The van der Waals surface area contributed by atoms with Crippen LogP contribution >= 0.6 is 0 Å². The first kappa shape index (κ1) is 22.2. The maximum Gasteiger partial charge on any atom is -0.0254 e. The Morgan fingerprint density at radius 1 is 0.647 bits per heavy atom. The van der Waals surface area contributed by atoms with Gasteiger partial charge < -0.3 is 0 Å². The highest BCUT2D eigenvalue weighted by atomic mass is 14.5. The van der Waals surface area contributed by atoms with E-state index < -0.39 is 0 Å². The van der Waals surface area contributed by atoms with Gasteiger partial charge in [0.2, 0.25) is 0 Å². The van der Waals surface area contributed by atoms with E-state index in [9.17, 15) is 0 Å². The predicted octanol–water partition coefficient (Wildman–Crippen LogP) is 6.94. The van der Waals surface area contributed by atoms with E-state index in [-0.39, 0.29) is 0 Å². The Hall–Kier alpha value is 0. The third-order valence-corrected chi connectivity index (χ3v) is 4.45. The Labute approximate surface area is 113 Å². The Morgan fingerprint density at radius 3 is 0.941 bits per heavy atom. The van der Waals surface area contributed by atoms with Crippen LogP contribution in [0.3, 0.4) is 0 Å². The summed E-state index contributed by atoms with van der Waals surface area (Å²) in [6.45, 7) is 27.1. The van der Waals surface area contributed by atoms with Crippen molar-refractivity contribution in [2.45, 2.75) is 95.9 Å². The lowest BCUT2D eigenvalue weighted by Crippen LogP contribution is -2.42. The van der Waals surface area contributed by atoms with Gasteiger partial charge >= 0.3 is 0 Å². The van der Waals surface area contributed by atoms with Crippen molar-refractivity contribution in [3.05, 3.63) is 0 Å². The fraction of sp³-hybridized carbons (Fsp3) is 1.00. The van der Waals surface area contributed by atoms with Crippen LogP contribution < -0.4 is 0 Å². The molecule has 0 aliphatic carbocycles. The molecule has 0 radical (unpaired) electrons. The molecule has 0 spiro atoms. The molecule has 17 heavy (non-hydrogen) atoms. The summed E-state index contributed by atoms with van der Waals surface area (Å²) in [4.78, 5) is 0. The molecule has 0 aromatic carbocycles. The van der Waals surface area contributed by atoms with Crippen molar-refractivity contribution in [3.63, 3.8) is 0 Å². The van der Waals surface area contributed by atoms with Crippen LogP contribution in [0.2, 0.25) is 0 Å². The van der Waals surface area contributed by atoms with Crippen molar-refractivity contribution in [3.8, 4) is 0 Å². The van der Waals surface area contributed by atoms with Crippen molar-refractivity contribution in [1.29, 1.82) is 0 Å². The van der Waals surface area contributed by atoms with E-state index in [4.69, 9.17) is 0 Å². The van der Waals surface area contributed by atoms with Gasteiger partial charge in [-0.15, -0.1) is 0 Å². The molecule has 0 aromatic heterocycles. The lowest BCUT2D eigenvalue weighted by atomic mass is 9.55. The molecule has 0 saturated carbocycles. The third kappa shape index (κ3) is 7.11. The highest BCUT2D eigenvalue weighted by Crippen LogP contribution is 2.52. The number of hydrogen-bond acceptors (Lipinski definition) is 0. The molecule has 0 N–H and O–H groups in total. The van der Waals surface area contributed by atoms with Gasteiger partial charge in [0.15, 0.2) is 0 Å². The van der Waals surface area contributed by atoms with Gasteiger partial charge in [-0.1, -0.05) is 95.9 Å². The van der Waals surface area contributed by atoms with Crippen LogP contribution in [-0.4, -0.2) is 0 Å². The monoisotopic (exact) mass is 244 g/mol. The van der Waals surface area contributed by atoms with Gasteiger partial charge in [-0.3, -0.25) is 0 Å². The minimum Gasteiger partial charge on any atom is -0.0683 e.